The highest BCUT2D eigenvalue weighted by molar-refractivity contribution is 9.10. The molecular weight excluding hydrogens is 368 g/mol. The van der Waals surface area contributed by atoms with E-state index in [-0.39, 0.29) is 15.5 Å². The van der Waals surface area contributed by atoms with Gasteiger partial charge in [0.05, 0.1) is 12.8 Å². The molecule has 9 heteroatoms. The Morgan fingerprint density at radius 1 is 1.45 bits per heavy atom. The number of hydrogen-bond acceptors (Lipinski definition) is 6. The molecule has 0 saturated carbocycles. The molecule has 0 bridgehead atoms. The van der Waals surface area contributed by atoms with Crippen LogP contribution in [0, 0.1) is 0 Å². The van der Waals surface area contributed by atoms with E-state index in [1.807, 2.05) is 0 Å². The third kappa shape index (κ3) is 3.00. The van der Waals surface area contributed by atoms with Gasteiger partial charge >= 0.3 is 5.97 Å². The van der Waals surface area contributed by atoms with Crippen molar-refractivity contribution in [1.29, 1.82) is 0 Å². The fourth-order valence-corrected chi connectivity index (χ4v) is 4.30. The number of carbonyl (C=O) groups is 1. The van der Waals surface area contributed by atoms with E-state index < -0.39 is 16.0 Å². The van der Waals surface area contributed by atoms with E-state index in [1.54, 1.807) is 12.1 Å². The molecule has 0 saturated heterocycles. The standard InChI is InChI=1S/C11H9BrN2O4S2/c1-18-11(15)9-8(4-6-19-9)20(16,17)14-7-3-2-5-13-10(7)12/h2-6,14H,1H3. The minimum atomic E-state index is -3.89. The zero-order chi connectivity index (χ0) is 14.8. The first kappa shape index (κ1) is 14.9. The van der Waals surface area contributed by atoms with Gasteiger partial charge in [-0.05, 0) is 39.5 Å². The Bertz CT molecular complexity index is 742. The molecule has 2 aromatic rings. The van der Waals surface area contributed by atoms with Gasteiger partial charge in [-0.3, -0.25) is 4.72 Å². The van der Waals surface area contributed by atoms with Gasteiger partial charge in [0.15, 0.2) is 0 Å². The molecule has 20 heavy (non-hydrogen) atoms. The van der Waals surface area contributed by atoms with E-state index in [1.165, 1.54) is 24.8 Å². The van der Waals surface area contributed by atoms with E-state index >= 15 is 0 Å². The van der Waals surface area contributed by atoms with Gasteiger partial charge in [-0.2, -0.15) is 0 Å². The first-order valence-electron chi connectivity index (χ1n) is 5.25. The van der Waals surface area contributed by atoms with Crippen molar-refractivity contribution in [3.63, 3.8) is 0 Å². The van der Waals surface area contributed by atoms with Crippen molar-refractivity contribution in [3.8, 4) is 0 Å². The molecule has 2 rings (SSSR count). The SMILES string of the molecule is COC(=O)c1sccc1S(=O)(=O)Nc1cccnc1Br. The second-order valence-electron chi connectivity index (χ2n) is 3.55. The predicted octanol–water partition coefficient (Wildman–Crippen LogP) is 2.49. The molecule has 0 amide bonds. The highest BCUT2D eigenvalue weighted by Crippen LogP contribution is 2.27. The van der Waals surface area contributed by atoms with Crippen molar-refractivity contribution in [2.24, 2.45) is 0 Å². The molecule has 0 aliphatic carbocycles. The van der Waals surface area contributed by atoms with E-state index in [2.05, 4.69) is 30.4 Å². The number of halogens is 1. The smallest absolute Gasteiger partial charge is 0.349 e. The number of nitrogens with zero attached hydrogens (tertiary/aromatic N) is 1. The normalized spacial score (nSPS) is 11.1. The molecule has 6 nitrogen and oxygen atoms in total. The second kappa shape index (κ2) is 5.90. The molecule has 2 aromatic heterocycles. The summed E-state index contributed by atoms with van der Waals surface area (Å²) in [5.74, 6) is -0.689. The second-order valence-corrected chi connectivity index (χ2v) is 6.87. The fourth-order valence-electron chi connectivity index (χ4n) is 1.41. The number of methoxy groups -OCH3 is 1. The number of sulfonamides is 1. The lowest BCUT2D eigenvalue weighted by atomic mass is 10.4. The summed E-state index contributed by atoms with van der Waals surface area (Å²) in [6.07, 6.45) is 1.52. The van der Waals surface area contributed by atoms with Gasteiger partial charge in [0.2, 0.25) is 0 Å². The fraction of sp³-hybridized carbons (Fsp3) is 0.0909. The molecule has 0 aromatic carbocycles. The average Bonchev–Trinajstić information content (AvgIpc) is 2.90. The van der Waals surface area contributed by atoms with Gasteiger partial charge in [0, 0.05) is 6.20 Å². The van der Waals surface area contributed by atoms with Gasteiger partial charge in [-0.25, -0.2) is 18.2 Å². The quantitative estimate of drug-likeness (QED) is 0.654. The highest BCUT2D eigenvalue weighted by atomic mass is 79.9. The van der Waals surface area contributed by atoms with Gasteiger partial charge in [-0.15, -0.1) is 11.3 Å². The van der Waals surface area contributed by atoms with Crippen LogP contribution >= 0.6 is 27.3 Å². The molecule has 0 atom stereocenters. The Kier molecular flexibility index (Phi) is 4.41. The number of rotatable bonds is 4. The zero-order valence-corrected chi connectivity index (χ0v) is 13.4. The molecule has 106 valence electrons. The summed E-state index contributed by atoms with van der Waals surface area (Å²) in [6.45, 7) is 0. The number of aromatic nitrogens is 1. The van der Waals surface area contributed by atoms with Crippen molar-refractivity contribution in [1.82, 2.24) is 4.98 Å². The Morgan fingerprint density at radius 3 is 2.85 bits per heavy atom. The lowest BCUT2D eigenvalue weighted by molar-refractivity contribution is 0.0602. The van der Waals surface area contributed by atoms with Crippen LogP contribution in [0.1, 0.15) is 9.67 Å². The highest BCUT2D eigenvalue weighted by Gasteiger charge is 2.25. The molecule has 0 aliphatic rings. The number of pyridine rings is 1. The Morgan fingerprint density at radius 2 is 2.20 bits per heavy atom. The maximum Gasteiger partial charge on any atom is 0.349 e. The molecule has 1 N–H and O–H groups in total. The van der Waals surface area contributed by atoms with Crippen LogP contribution in [0.25, 0.3) is 0 Å². The molecule has 0 spiro atoms. The Balaban J connectivity index is 2.40. The van der Waals surface area contributed by atoms with Gasteiger partial charge in [-0.1, -0.05) is 0 Å². The van der Waals surface area contributed by atoms with E-state index in [0.29, 0.717) is 4.60 Å². The summed E-state index contributed by atoms with van der Waals surface area (Å²) in [5, 5.41) is 1.51. The summed E-state index contributed by atoms with van der Waals surface area (Å²) in [5.41, 5.74) is 0.287. The summed E-state index contributed by atoms with van der Waals surface area (Å²) in [7, 11) is -2.69. The van der Waals surface area contributed by atoms with Crippen LogP contribution < -0.4 is 4.72 Å². The Hall–Kier alpha value is -1.45. The number of nitrogens with one attached hydrogen (secondary N) is 1. The predicted molar refractivity (Wildman–Crippen MR) is 78.4 cm³/mol. The summed E-state index contributed by atoms with van der Waals surface area (Å²) >= 11 is 4.15. The van der Waals surface area contributed by atoms with Crippen molar-refractivity contribution in [2.75, 3.05) is 11.8 Å². The molecule has 0 fully saturated rings. The van der Waals surface area contributed by atoms with Crippen molar-refractivity contribution in [3.05, 3.63) is 39.3 Å². The summed E-state index contributed by atoms with van der Waals surface area (Å²) in [6, 6.07) is 4.50. The first-order valence-corrected chi connectivity index (χ1v) is 8.40. The molecule has 2 heterocycles. The van der Waals surface area contributed by atoms with Crippen LogP contribution in [0.15, 0.2) is 39.3 Å². The van der Waals surface area contributed by atoms with E-state index in [4.69, 9.17) is 0 Å². The largest absolute Gasteiger partial charge is 0.465 e. The van der Waals surface area contributed by atoms with Crippen LogP contribution in [0.3, 0.4) is 0 Å². The van der Waals surface area contributed by atoms with Gasteiger partial charge in [0.1, 0.15) is 14.4 Å². The number of thiophene rings is 1. The van der Waals surface area contributed by atoms with Crippen molar-refractivity contribution < 1.29 is 17.9 Å². The lowest BCUT2D eigenvalue weighted by Gasteiger charge is -2.09. The maximum absolute atomic E-state index is 12.3. The minimum absolute atomic E-state index is 0.0278. The third-order valence-electron chi connectivity index (χ3n) is 2.29. The number of anilines is 1. The van der Waals surface area contributed by atoms with Crippen LogP contribution in [-0.2, 0) is 14.8 Å². The van der Waals surface area contributed by atoms with E-state index in [9.17, 15) is 13.2 Å². The summed E-state index contributed by atoms with van der Waals surface area (Å²) < 4.78 is 31.9. The average molecular weight is 377 g/mol. The lowest BCUT2D eigenvalue weighted by Crippen LogP contribution is -2.16. The van der Waals surface area contributed by atoms with Crippen molar-refractivity contribution >= 4 is 48.9 Å². The molecule has 0 aliphatic heterocycles. The third-order valence-corrected chi connectivity index (χ3v) is 5.36. The van der Waals surface area contributed by atoms with Crippen LogP contribution in [0.5, 0.6) is 0 Å². The Labute approximate surface area is 128 Å². The van der Waals surface area contributed by atoms with Crippen LogP contribution in [0.2, 0.25) is 0 Å². The number of hydrogen-bond donors (Lipinski definition) is 1. The minimum Gasteiger partial charge on any atom is -0.465 e. The number of esters is 1. The zero-order valence-electron chi connectivity index (χ0n) is 10.2. The topological polar surface area (TPSA) is 85.4 Å². The van der Waals surface area contributed by atoms with Crippen molar-refractivity contribution in [2.45, 2.75) is 4.90 Å². The molecule has 0 radical (unpaired) electrons. The van der Waals surface area contributed by atoms with Gasteiger partial charge in [0.25, 0.3) is 10.0 Å². The maximum atomic E-state index is 12.3. The monoisotopic (exact) mass is 376 g/mol. The number of ether oxygens (including phenoxy) is 1. The van der Waals surface area contributed by atoms with E-state index in [0.717, 1.165) is 11.3 Å². The number of carbonyl (C=O) groups excluding carboxylic acids is 1. The van der Waals surface area contributed by atoms with Gasteiger partial charge < -0.3 is 4.74 Å². The molecule has 0 unspecified atom stereocenters. The molecular formula is C11H9BrN2O4S2. The van der Waals surface area contributed by atoms with Crippen LogP contribution in [-0.4, -0.2) is 26.5 Å². The first-order chi connectivity index (χ1) is 9.45. The van der Waals surface area contributed by atoms with Crippen LogP contribution in [0.4, 0.5) is 5.69 Å². The summed E-state index contributed by atoms with van der Waals surface area (Å²) in [4.78, 5) is 15.4.